The fourth-order valence-electron chi connectivity index (χ4n) is 2.91. The van der Waals surface area contributed by atoms with Gasteiger partial charge >= 0.3 is 5.97 Å². The molecule has 2 aromatic carbocycles. The number of benzene rings is 2. The fourth-order valence-corrected chi connectivity index (χ4v) is 2.91. The number of carbonyl (C=O) groups excluding carboxylic acids is 2. The zero-order valence-electron chi connectivity index (χ0n) is 16.2. The van der Waals surface area contributed by atoms with E-state index in [2.05, 4.69) is 0 Å². The first-order chi connectivity index (χ1) is 13.4. The summed E-state index contributed by atoms with van der Waals surface area (Å²) in [7, 11) is 3.05. The molecule has 28 heavy (non-hydrogen) atoms. The third kappa shape index (κ3) is 3.88. The standard InChI is InChI=1S/C21H22O7/c1-12(13(2)22)20(14-5-7-16(24-3)18(9-14)25-4)28-21(23)15-6-8-17-19(10-15)27-11-26-17/h5-10,12,20H,11H2,1-4H3/t12-,20?/m0/s1. The molecule has 2 atom stereocenters. The Kier molecular flexibility index (Phi) is 5.73. The molecule has 7 nitrogen and oxygen atoms in total. The molecule has 7 heteroatoms. The van der Waals surface area contributed by atoms with E-state index < -0.39 is 18.0 Å². The zero-order chi connectivity index (χ0) is 20.3. The van der Waals surface area contributed by atoms with E-state index in [0.29, 0.717) is 34.1 Å². The normalized spacial score (nSPS) is 14.1. The smallest absolute Gasteiger partial charge is 0.338 e. The van der Waals surface area contributed by atoms with Gasteiger partial charge in [-0.25, -0.2) is 4.79 Å². The van der Waals surface area contributed by atoms with Gasteiger partial charge in [-0.1, -0.05) is 13.0 Å². The van der Waals surface area contributed by atoms with Gasteiger partial charge in [-0.15, -0.1) is 0 Å². The van der Waals surface area contributed by atoms with Crippen LogP contribution in [0.2, 0.25) is 0 Å². The lowest BCUT2D eigenvalue weighted by Gasteiger charge is -2.24. The Hall–Kier alpha value is -3.22. The van der Waals surface area contributed by atoms with E-state index in [0.717, 1.165) is 0 Å². The molecular weight excluding hydrogens is 364 g/mol. The second-order valence-electron chi connectivity index (χ2n) is 6.41. The molecule has 0 radical (unpaired) electrons. The monoisotopic (exact) mass is 386 g/mol. The van der Waals surface area contributed by atoms with Gasteiger partial charge in [0.1, 0.15) is 11.9 Å². The number of Topliss-reactive ketones (excluding diaryl/α,β-unsaturated/α-hetero) is 1. The van der Waals surface area contributed by atoms with E-state index in [-0.39, 0.29) is 12.6 Å². The predicted molar refractivity (Wildman–Crippen MR) is 100 cm³/mol. The number of rotatable bonds is 7. The summed E-state index contributed by atoms with van der Waals surface area (Å²) in [6, 6.07) is 9.98. The zero-order valence-corrected chi connectivity index (χ0v) is 16.2. The van der Waals surface area contributed by atoms with Crippen LogP contribution in [0.25, 0.3) is 0 Å². The molecule has 0 saturated carbocycles. The highest BCUT2D eigenvalue weighted by atomic mass is 16.7. The molecule has 2 aromatic rings. The number of fused-ring (bicyclic) bond motifs is 1. The van der Waals surface area contributed by atoms with Crippen molar-refractivity contribution in [1.29, 1.82) is 0 Å². The summed E-state index contributed by atoms with van der Waals surface area (Å²) < 4.78 is 26.9. The van der Waals surface area contributed by atoms with Crippen molar-refractivity contribution in [2.24, 2.45) is 5.92 Å². The highest BCUT2D eigenvalue weighted by Gasteiger charge is 2.29. The average molecular weight is 386 g/mol. The van der Waals surface area contributed by atoms with Crippen LogP contribution in [-0.4, -0.2) is 32.8 Å². The van der Waals surface area contributed by atoms with Gasteiger partial charge in [-0.2, -0.15) is 0 Å². The minimum absolute atomic E-state index is 0.0988. The molecule has 148 valence electrons. The van der Waals surface area contributed by atoms with E-state index in [1.54, 1.807) is 43.3 Å². The van der Waals surface area contributed by atoms with Crippen LogP contribution in [0.1, 0.15) is 35.9 Å². The van der Waals surface area contributed by atoms with E-state index >= 15 is 0 Å². The van der Waals surface area contributed by atoms with Gasteiger partial charge in [0.2, 0.25) is 6.79 Å². The van der Waals surface area contributed by atoms with E-state index in [1.807, 2.05) is 0 Å². The fraction of sp³-hybridized carbons (Fsp3) is 0.333. The second kappa shape index (κ2) is 8.21. The second-order valence-corrected chi connectivity index (χ2v) is 6.41. The van der Waals surface area contributed by atoms with Crippen molar-refractivity contribution in [2.45, 2.75) is 20.0 Å². The molecule has 1 heterocycles. The van der Waals surface area contributed by atoms with E-state index in [1.165, 1.54) is 21.1 Å². The number of carbonyl (C=O) groups is 2. The SMILES string of the molecule is COc1ccc(C(OC(=O)c2ccc3c(c2)OCO3)[C@@H](C)C(C)=O)cc1OC. The van der Waals surface area contributed by atoms with Crippen molar-refractivity contribution in [2.75, 3.05) is 21.0 Å². The summed E-state index contributed by atoms with van der Waals surface area (Å²) in [5.74, 6) is 0.879. The van der Waals surface area contributed by atoms with Crippen LogP contribution in [0.15, 0.2) is 36.4 Å². The van der Waals surface area contributed by atoms with Gasteiger partial charge in [-0.05, 0) is 42.8 Å². The molecule has 3 rings (SSSR count). The van der Waals surface area contributed by atoms with Crippen LogP contribution in [0.3, 0.4) is 0 Å². The quantitative estimate of drug-likeness (QED) is 0.673. The molecule has 0 N–H and O–H groups in total. The maximum Gasteiger partial charge on any atom is 0.338 e. The highest BCUT2D eigenvalue weighted by molar-refractivity contribution is 5.91. The minimum atomic E-state index is -0.782. The van der Waals surface area contributed by atoms with Gasteiger partial charge < -0.3 is 23.7 Å². The van der Waals surface area contributed by atoms with Crippen molar-refractivity contribution in [3.05, 3.63) is 47.5 Å². The Morgan fingerprint density at radius 2 is 1.68 bits per heavy atom. The summed E-state index contributed by atoms with van der Waals surface area (Å²) >= 11 is 0. The van der Waals surface area contributed by atoms with Crippen LogP contribution in [0, 0.1) is 5.92 Å². The predicted octanol–water partition coefficient (Wildman–Crippen LogP) is 3.56. The third-order valence-corrected chi connectivity index (χ3v) is 4.67. The Labute approximate surface area is 163 Å². The minimum Gasteiger partial charge on any atom is -0.493 e. The Morgan fingerprint density at radius 1 is 0.964 bits per heavy atom. The van der Waals surface area contributed by atoms with Crippen molar-refractivity contribution < 1.29 is 33.3 Å². The van der Waals surface area contributed by atoms with Crippen molar-refractivity contribution in [3.63, 3.8) is 0 Å². The molecule has 1 aliphatic rings. The lowest BCUT2D eigenvalue weighted by atomic mass is 9.93. The molecule has 1 aliphatic heterocycles. The van der Waals surface area contributed by atoms with Crippen LogP contribution in [0.5, 0.6) is 23.0 Å². The first kappa shape index (κ1) is 19.5. The van der Waals surface area contributed by atoms with E-state index in [4.69, 9.17) is 23.7 Å². The summed E-state index contributed by atoms with van der Waals surface area (Å²) in [5.41, 5.74) is 0.944. The largest absolute Gasteiger partial charge is 0.493 e. The number of ketones is 1. The maximum absolute atomic E-state index is 12.7. The molecule has 0 bridgehead atoms. The number of ether oxygens (including phenoxy) is 5. The lowest BCUT2D eigenvalue weighted by Crippen LogP contribution is -2.23. The molecule has 0 aromatic heterocycles. The molecule has 1 unspecified atom stereocenters. The van der Waals surface area contributed by atoms with Crippen LogP contribution < -0.4 is 18.9 Å². The number of hydrogen-bond donors (Lipinski definition) is 0. The average Bonchev–Trinajstić information content (AvgIpc) is 3.18. The van der Waals surface area contributed by atoms with E-state index in [9.17, 15) is 9.59 Å². The first-order valence-corrected chi connectivity index (χ1v) is 8.77. The molecule has 0 amide bonds. The Bertz CT molecular complexity index is 890. The van der Waals surface area contributed by atoms with Crippen LogP contribution >= 0.6 is 0 Å². The first-order valence-electron chi connectivity index (χ1n) is 8.77. The molecule has 0 spiro atoms. The van der Waals surface area contributed by atoms with Crippen molar-refractivity contribution in [3.8, 4) is 23.0 Å². The van der Waals surface area contributed by atoms with Gasteiger partial charge in [0.25, 0.3) is 0 Å². The Morgan fingerprint density at radius 3 is 2.36 bits per heavy atom. The van der Waals surface area contributed by atoms with Crippen molar-refractivity contribution in [1.82, 2.24) is 0 Å². The molecular formula is C21H22O7. The molecule has 0 aliphatic carbocycles. The number of hydrogen-bond acceptors (Lipinski definition) is 7. The number of methoxy groups -OCH3 is 2. The lowest BCUT2D eigenvalue weighted by molar-refractivity contribution is -0.123. The van der Waals surface area contributed by atoms with Gasteiger partial charge in [0.05, 0.1) is 25.7 Å². The van der Waals surface area contributed by atoms with Crippen molar-refractivity contribution >= 4 is 11.8 Å². The van der Waals surface area contributed by atoms with Gasteiger partial charge in [-0.3, -0.25) is 4.79 Å². The van der Waals surface area contributed by atoms with Crippen LogP contribution in [0.4, 0.5) is 0 Å². The Balaban J connectivity index is 1.90. The molecule has 0 saturated heterocycles. The summed E-state index contributed by atoms with van der Waals surface area (Å²) in [5, 5.41) is 0. The summed E-state index contributed by atoms with van der Waals surface area (Å²) in [6.45, 7) is 3.30. The van der Waals surface area contributed by atoms with Gasteiger partial charge in [0.15, 0.2) is 23.0 Å². The topological polar surface area (TPSA) is 80.3 Å². The maximum atomic E-state index is 12.7. The van der Waals surface area contributed by atoms with Gasteiger partial charge in [0, 0.05) is 0 Å². The highest BCUT2D eigenvalue weighted by Crippen LogP contribution is 2.36. The third-order valence-electron chi connectivity index (χ3n) is 4.67. The van der Waals surface area contributed by atoms with Crippen LogP contribution in [-0.2, 0) is 9.53 Å². The number of esters is 1. The molecule has 0 fully saturated rings. The summed E-state index contributed by atoms with van der Waals surface area (Å²) in [6.07, 6.45) is -0.782. The summed E-state index contributed by atoms with van der Waals surface area (Å²) in [4.78, 5) is 24.8.